The van der Waals surface area contributed by atoms with Crippen molar-refractivity contribution in [2.75, 3.05) is 19.7 Å². The summed E-state index contributed by atoms with van der Waals surface area (Å²) in [5, 5.41) is 4.27. The number of morpholine rings is 1. The molecule has 0 amide bonds. The number of aryl methyl sites for hydroxylation is 1. The molecule has 5 nitrogen and oxygen atoms in total. The van der Waals surface area contributed by atoms with Gasteiger partial charge < -0.3 is 9.14 Å². The first-order chi connectivity index (χ1) is 11.6. The molecule has 1 fully saturated rings. The molecular weight excluding hydrogens is 367 g/mol. The van der Waals surface area contributed by atoms with Crippen molar-refractivity contribution in [3.05, 3.63) is 50.3 Å². The van der Waals surface area contributed by atoms with E-state index in [1.54, 1.807) is 17.4 Å². The molecule has 0 aromatic carbocycles. The zero-order chi connectivity index (χ0) is 16.7. The van der Waals surface area contributed by atoms with Crippen molar-refractivity contribution in [2.45, 2.75) is 19.6 Å². The highest BCUT2D eigenvalue weighted by molar-refractivity contribution is 7.09. The summed E-state index contributed by atoms with van der Waals surface area (Å²) in [7, 11) is 0. The Hall–Kier alpha value is -1.18. The average molecular weight is 383 g/mol. The third-order valence-corrected chi connectivity index (χ3v) is 5.51. The summed E-state index contributed by atoms with van der Waals surface area (Å²) in [6, 6.07) is 1.71. The predicted octanol–water partition coefficient (Wildman–Crippen LogP) is 3.98. The lowest BCUT2D eigenvalue weighted by atomic mass is 10.2. The van der Waals surface area contributed by atoms with Crippen LogP contribution in [0.1, 0.15) is 22.5 Å². The second-order valence-electron chi connectivity index (χ2n) is 5.89. The van der Waals surface area contributed by atoms with E-state index >= 15 is 0 Å². The van der Waals surface area contributed by atoms with Crippen molar-refractivity contribution in [1.82, 2.24) is 19.3 Å². The van der Waals surface area contributed by atoms with Crippen LogP contribution in [0.3, 0.4) is 0 Å². The van der Waals surface area contributed by atoms with Crippen molar-refractivity contribution in [2.24, 2.45) is 0 Å². The summed E-state index contributed by atoms with van der Waals surface area (Å²) in [4.78, 5) is 11.5. The number of pyridine rings is 1. The first kappa shape index (κ1) is 16.3. The molecule has 3 aromatic rings. The van der Waals surface area contributed by atoms with Gasteiger partial charge in [0.05, 0.1) is 22.3 Å². The number of nitrogens with zero attached hydrogens (tertiary/aromatic N) is 4. The van der Waals surface area contributed by atoms with Crippen LogP contribution in [0, 0.1) is 6.92 Å². The lowest BCUT2D eigenvalue weighted by Gasteiger charge is -2.31. The summed E-state index contributed by atoms with van der Waals surface area (Å²) >= 11 is 13.9. The Labute approximate surface area is 153 Å². The summed E-state index contributed by atoms with van der Waals surface area (Å²) in [5.41, 5.74) is 2.74. The number of hydrogen-bond donors (Lipinski definition) is 0. The maximum Gasteiger partial charge on any atom is 0.156 e. The lowest BCUT2D eigenvalue weighted by molar-refractivity contribution is -0.0333. The van der Waals surface area contributed by atoms with Gasteiger partial charge in [-0.15, -0.1) is 11.3 Å². The molecule has 1 aliphatic heterocycles. The SMILES string of the molecule is Cc1csc([C@@H]2CN(Cc3cn4cc(Cl)cc(Cl)c4n3)CCO2)n1. The molecule has 3 aromatic heterocycles. The van der Waals surface area contributed by atoms with Gasteiger partial charge in [0.1, 0.15) is 11.1 Å². The van der Waals surface area contributed by atoms with Gasteiger partial charge in [-0.1, -0.05) is 23.2 Å². The largest absolute Gasteiger partial charge is 0.368 e. The Bertz CT molecular complexity index is 878. The van der Waals surface area contributed by atoms with E-state index < -0.39 is 0 Å². The highest BCUT2D eigenvalue weighted by atomic mass is 35.5. The highest BCUT2D eigenvalue weighted by Gasteiger charge is 2.25. The number of imidazole rings is 1. The minimum Gasteiger partial charge on any atom is -0.368 e. The Balaban J connectivity index is 1.51. The molecule has 0 unspecified atom stereocenters. The summed E-state index contributed by atoms with van der Waals surface area (Å²) in [6.45, 7) is 5.15. The minimum absolute atomic E-state index is 0.0347. The molecule has 0 bridgehead atoms. The van der Waals surface area contributed by atoms with E-state index in [9.17, 15) is 0 Å². The van der Waals surface area contributed by atoms with Crippen LogP contribution < -0.4 is 0 Å². The lowest BCUT2D eigenvalue weighted by Crippen LogP contribution is -2.37. The van der Waals surface area contributed by atoms with Gasteiger partial charge in [0.15, 0.2) is 5.65 Å². The van der Waals surface area contributed by atoms with Crippen molar-refractivity contribution in [3.63, 3.8) is 0 Å². The molecule has 126 valence electrons. The maximum absolute atomic E-state index is 6.22. The number of thiazole rings is 1. The first-order valence-corrected chi connectivity index (χ1v) is 9.30. The van der Waals surface area contributed by atoms with Gasteiger partial charge in [-0.25, -0.2) is 9.97 Å². The quantitative estimate of drug-likeness (QED) is 0.686. The number of ether oxygens (including phenoxy) is 1. The molecule has 0 spiro atoms. The maximum atomic E-state index is 6.22. The van der Waals surface area contributed by atoms with Gasteiger partial charge >= 0.3 is 0 Å². The third-order valence-electron chi connectivity index (χ3n) is 3.97. The molecule has 4 heterocycles. The molecule has 1 saturated heterocycles. The average Bonchev–Trinajstić information content (AvgIpc) is 3.14. The van der Waals surface area contributed by atoms with E-state index in [1.807, 2.05) is 23.7 Å². The number of rotatable bonds is 3. The van der Waals surface area contributed by atoms with E-state index in [0.29, 0.717) is 16.7 Å². The van der Waals surface area contributed by atoms with E-state index in [0.717, 1.165) is 41.7 Å². The minimum atomic E-state index is 0.0347. The fourth-order valence-electron chi connectivity index (χ4n) is 2.90. The first-order valence-electron chi connectivity index (χ1n) is 7.67. The molecule has 0 N–H and O–H groups in total. The van der Waals surface area contributed by atoms with E-state index in [1.165, 1.54) is 0 Å². The topological polar surface area (TPSA) is 42.7 Å². The van der Waals surface area contributed by atoms with Crippen LogP contribution in [0.2, 0.25) is 10.0 Å². The van der Waals surface area contributed by atoms with Crippen LogP contribution in [0.4, 0.5) is 0 Å². The van der Waals surface area contributed by atoms with Gasteiger partial charge in [0.2, 0.25) is 0 Å². The van der Waals surface area contributed by atoms with E-state index in [2.05, 4.69) is 20.2 Å². The molecule has 1 atom stereocenters. The zero-order valence-corrected chi connectivity index (χ0v) is 15.4. The van der Waals surface area contributed by atoms with E-state index in [4.69, 9.17) is 27.9 Å². The normalized spacial score (nSPS) is 19.2. The molecule has 8 heteroatoms. The number of fused-ring (bicyclic) bond motifs is 1. The monoisotopic (exact) mass is 382 g/mol. The highest BCUT2D eigenvalue weighted by Crippen LogP contribution is 2.27. The molecule has 0 saturated carbocycles. The zero-order valence-electron chi connectivity index (χ0n) is 13.1. The van der Waals surface area contributed by atoms with Crippen LogP contribution in [0.15, 0.2) is 23.8 Å². The van der Waals surface area contributed by atoms with Crippen molar-refractivity contribution in [1.29, 1.82) is 0 Å². The molecule has 0 aliphatic carbocycles. The molecule has 0 radical (unpaired) electrons. The van der Waals surface area contributed by atoms with Crippen LogP contribution in [-0.4, -0.2) is 39.0 Å². The Morgan fingerprint density at radius 3 is 3.00 bits per heavy atom. The molecule has 1 aliphatic rings. The van der Waals surface area contributed by atoms with Crippen LogP contribution in [0.5, 0.6) is 0 Å². The summed E-state index contributed by atoms with van der Waals surface area (Å²) in [6.07, 6.45) is 3.83. The smallest absolute Gasteiger partial charge is 0.156 e. The number of halogens is 2. The fraction of sp³-hybridized carbons (Fsp3) is 0.375. The second kappa shape index (κ2) is 6.61. The van der Waals surface area contributed by atoms with Crippen molar-refractivity contribution in [3.8, 4) is 0 Å². The van der Waals surface area contributed by atoms with Crippen LogP contribution >= 0.6 is 34.5 Å². The Morgan fingerprint density at radius 1 is 1.33 bits per heavy atom. The Kier molecular flexibility index (Phi) is 4.49. The van der Waals surface area contributed by atoms with Crippen LogP contribution in [0.25, 0.3) is 5.65 Å². The standard InChI is InChI=1S/C16H16Cl2N4OS/c1-10-9-24-16(19-10)14-8-21(2-3-23-14)6-12-7-22-5-11(17)4-13(18)15(22)20-12/h4-5,7,9,14H,2-3,6,8H2,1H3/t14-/m0/s1. The van der Waals surface area contributed by atoms with Crippen molar-refractivity contribution >= 4 is 40.2 Å². The predicted molar refractivity (Wildman–Crippen MR) is 96.0 cm³/mol. The van der Waals surface area contributed by atoms with Crippen molar-refractivity contribution < 1.29 is 4.74 Å². The number of aromatic nitrogens is 3. The fourth-order valence-corrected chi connectivity index (χ4v) is 4.26. The summed E-state index contributed by atoms with van der Waals surface area (Å²) in [5.74, 6) is 0. The van der Waals surface area contributed by atoms with E-state index in [-0.39, 0.29) is 6.10 Å². The summed E-state index contributed by atoms with van der Waals surface area (Å²) < 4.78 is 7.76. The third kappa shape index (κ3) is 3.30. The Morgan fingerprint density at radius 2 is 2.21 bits per heavy atom. The van der Waals surface area contributed by atoms with Gasteiger partial charge in [-0.2, -0.15) is 0 Å². The van der Waals surface area contributed by atoms with Gasteiger partial charge in [-0.3, -0.25) is 4.90 Å². The van der Waals surface area contributed by atoms with Crippen LogP contribution in [-0.2, 0) is 11.3 Å². The van der Waals surface area contributed by atoms with Gasteiger partial charge in [0.25, 0.3) is 0 Å². The number of hydrogen-bond acceptors (Lipinski definition) is 5. The molecular formula is C16H16Cl2N4OS. The molecule has 4 rings (SSSR count). The second-order valence-corrected chi connectivity index (χ2v) is 7.62. The molecule has 24 heavy (non-hydrogen) atoms. The van der Waals surface area contributed by atoms with Gasteiger partial charge in [-0.05, 0) is 13.0 Å². The van der Waals surface area contributed by atoms with Gasteiger partial charge in [0, 0.05) is 43.1 Å².